The van der Waals surface area contributed by atoms with E-state index in [1.807, 2.05) is 25.1 Å². The largest absolute Gasteiger partial charge is 0.295 e. The van der Waals surface area contributed by atoms with Gasteiger partial charge < -0.3 is 0 Å². The van der Waals surface area contributed by atoms with Gasteiger partial charge in [-0.05, 0) is 49.4 Å². The zero-order valence-electron chi connectivity index (χ0n) is 9.70. The highest BCUT2D eigenvalue weighted by atomic mass is 32.1. The topological polar surface area (TPSA) is 17.1 Å². The molecule has 0 saturated heterocycles. The van der Waals surface area contributed by atoms with Gasteiger partial charge >= 0.3 is 0 Å². The van der Waals surface area contributed by atoms with Crippen LogP contribution in [0, 0.1) is 6.92 Å². The molecular weight excluding hydrogens is 216 g/mol. The molecule has 0 N–H and O–H groups in total. The lowest BCUT2D eigenvalue weighted by molar-refractivity contribution is -0.113. The number of carbonyl (C=O) groups is 1. The molecule has 0 aliphatic heterocycles. The van der Waals surface area contributed by atoms with Crippen LogP contribution in [-0.4, -0.2) is 5.78 Å². The van der Waals surface area contributed by atoms with Crippen LogP contribution in [0.4, 0.5) is 0 Å². The molecule has 0 fully saturated rings. The van der Waals surface area contributed by atoms with Crippen molar-refractivity contribution < 1.29 is 4.79 Å². The molecule has 2 heteroatoms. The Kier molecular flexibility index (Phi) is 2.92. The van der Waals surface area contributed by atoms with Gasteiger partial charge in [-0.1, -0.05) is 18.2 Å². The van der Waals surface area contributed by atoms with Crippen LogP contribution in [0.3, 0.4) is 0 Å². The number of rotatable bonds is 2. The minimum atomic E-state index is 0.136. The molecule has 0 aliphatic carbocycles. The minimum Gasteiger partial charge on any atom is -0.295 e. The standard InChI is InChI=1S/C14H14OS/c1-9(11(3)15)8-14-10(2)12-6-4-5-7-13(12)16-14/h4-8H,1-3H3/b9-8+. The summed E-state index contributed by atoms with van der Waals surface area (Å²) < 4.78 is 1.28. The second kappa shape index (κ2) is 4.22. The maximum atomic E-state index is 11.2. The van der Waals surface area contributed by atoms with E-state index < -0.39 is 0 Å². The van der Waals surface area contributed by atoms with Gasteiger partial charge in [0, 0.05) is 9.58 Å². The first-order chi connectivity index (χ1) is 7.59. The predicted octanol–water partition coefficient (Wildman–Crippen LogP) is 4.20. The van der Waals surface area contributed by atoms with Crippen LogP contribution in [-0.2, 0) is 4.79 Å². The highest BCUT2D eigenvalue weighted by Crippen LogP contribution is 2.32. The number of Topliss-reactive ketones (excluding diaryl/α,β-unsaturated/α-hetero) is 1. The summed E-state index contributed by atoms with van der Waals surface area (Å²) in [5, 5.41) is 1.29. The zero-order valence-corrected chi connectivity index (χ0v) is 10.5. The number of benzene rings is 1. The Morgan fingerprint density at radius 1 is 1.25 bits per heavy atom. The molecule has 0 unspecified atom stereocenters. The Morgan fingerprint density at radius 2 is 1.94 bits per heavy atom. The van der Waals surface area contributed by atoms with Gasteiger partial charge in [-0.15, -0.1) is 11.3 Å². The van der Waals surface area contributed by atoms with Crippen molar-refractivity contribution in [2.24, 2.45) is 0 Å². The molecule has 0 aliphatic rings. The first-order valence-electron chi connectivity index (χ1n) is 5.27. The molecular formula is C14H14OS. The summed E-state index contributed by atoms with van der Waals surface area (Å²) >= 11 is 1.74. The zero-order chi connectivity index (χ0) is 11.7. The van der Waals surface area contributed by atoms with Gasteiger partial charge in [0.1, 0.15) is 0 Å². The number of hydrogen-bond acceptors (Lipinski definition) is 2. The molecule has 0 radical (unpaired) electrons. The van der Waals surface area contributed by atoms with Crippen LogP contribution in [0.2, 0.25) is 0 Å². The molecule has 2 aromatic rings. The van der Waals surface area contributed by atoms with Crippen molar-refractivity contribution in [1.29, 1.82) is 0 Å². The minimum absolute atomic E-state index is 0.136. The Bertz CT molecular complexity index is 575. The lowest BCUT2D eigenvalue weighted by Crippen LogP contribution is -1.90. The smallest absolute Gasteiger partial charge is 0.155 e. The van der Waals surface area contributed by atoms with Crippen LogP contribution in [0.25, 0.3) is 16.2 Å². The van der Waals surface area contributed by atoms with E-state index in [1.165, 1.54) is 20.5 Å². The van der Waals surface area contributed by atoms with Crippen LogP contribution < -0.4 is 0 Å². The predicted molar refractivity (Wildman–Crippen MR) is 70.9 cm³/mol. The SMILES string of the molecule is CC(=O)/C(C)=C/c1sc2ccccc2c1C. The second-order valence-electron chi connectivity index (χ2n) is 3.97. The summed E-state index contributed by atoms with van der Waals surface area (Å²) in [6.07, 6.45) is 1.99. The number of hydrogen-bond donors (Lipinski definition) is 0. The van der Waals surface area contributed by atoms with E-state index in [2.05, 4.69) is 19.1 Å². The lowest BCUT2D eigenvalue weighted by Gasteiger charge is -1.94. The quantitative estimate of drug-likeness (QED) is 0.706. The molecule has 16 heavy (non-hydrogen) atoms. The highest BCUT2D eigenvalue weighted by Gasteiger charge is 2.06. The van der Waals surface area contributed by atoms with Gasteiger partial charge in [-0.25, -0.2) is 0 Å². The van der Waals surface area contributed by atoms with E-state index >= 15 is 0 Å². The van der Waals surface area contributed by atoms with Crippen molar-refractivity contribution in [2.75, 3.05) is 0 Å². The molecule has 1 aromatic heterocycles. The third-order valence-electron chi connectivity index (χ3n) is 2.78. The average Bonchev–Trinajstić information content (AvgIpc) is 2.56. The van der Waals surface area contributed by atoms with E-state index in [1.54, 1.807) is 18.3 Å². The number of ketones is 1. The second-order valence-corrected chi connectivity index (χ2v) is 5.05. The van der Waals surface area contributed by atoms with Crippen molar-refractivity contribution in [1.82, 2.24) is 0 Å². The molecule has 0 bridgehead atoms. The monoisotopic (exact) mass is 230 g/mol. The van der Waals surface area contributed by atoms with Gasteiger partial charge in [0.2, 0.25) is 0 Å². The molecule has 0 saturated carbocycles. The number of fused-ring (bicyclic) bond motifs is 1. The Morgan fingerprint density at radius 3 is 2.56 bits per heavy atom. The first-order valence-corrected chi connectivity index (χ1v) is 6.08. The van der Waals surface area contributed by atoms with E-state index in [9.17, 15) is 4.79 Å². The molecule has 82 valence electrons. The van der Waals surface area contributed by atoms with Crippen molar-refractivity contribution in [3.05, 3.63) is 40.3 Å². The maximum absolute atomic E-state index is 11.2. The van der Waals surface area contributed by atoms with E-state index in [4.69, 9.17) is 0 Å². The molecule has 0 spiro atoms. The Balaban J connectivity index is 2.58. The fourth-order valence-electron chi connectivity index (χ4n) is 1.63. The molecule has 0 amide bonds. The van der Waals surface area contributed by atoms with Crippen LogP contribution in [0.5, 0.6) is 0 Å². The van der Waals surface area contributed by atoms with Gasteiger partial charge in [0.15, 0.2) is 5.78 Å². The molecule has 1 aromatic carbocycles. The van der Waals surface area contributed by atoms with E-state index in [0.29, 0.717) is 0 Å². The average molecular weight is 230 g/mol. The van der Waals surface area contributed by atoms with E-state index in [0.717, 1.165) is 5.57 Å². The van der Waals surface area contributed by atoms with E-state index in [-0.39, 0.29) is 5.78 Å². The van der Waals surface area contributed by atoms with Gasteiger partial charge in [0.25, 0.3) is 0 Å². The maximum Gasteiger partial charge on any atom is 0.155 e. The Labute approximate surface area is 99.4 Å². The summed E-state index contributed by atoms with van der Waals surface area (Å²) in [4.78, 5) is 12.4. The molecule has 0 atom stereocenters. The third-order valence-corrected chi connectivity index (χ3v) is 4.00. The summed E-state index contributed by atoms with van der Waals surface area (Å²) in [5.74, 6) is 0.136. The number of carbonyl (C=O) groups excluding carboxylic acids is 1. The molecule has 1 heterocycles. The van der Waals surface area contributed by atoms with Crippen molar-refractivity contribution in [2.45, 2.75) is 20.8 Å². The van der Waals surface area contributed by atoms with Gasteiger partial charge in [-0.3, -0.25) is 4.79 Å². The number of thiophene rings is 1. The fraction of sp³-hybridized carbons (Fsp3) is 0.214. The first kappa shape index (κ1) is 11.1. The summed E-state index contributed by atoms with van der Waals surface area (Å²) in [6.45, 7) is 5.58. The van der Waals surface area contributed by atoms with Gasteiger partial charge in [0.05, 0.1) is 0 Å². The lowest BCUT2D eigenvalue weighted by atomic mass is 10.1. The number of allylic oxidation sites excluding steroid dienone is 1. The Hall–Kier alpha value is -1.41. The molecule has 1 nitrogen and oxygen atoms in total. The van der Waals surface area contributed by atoms with Crippen molar-refractivity contribution in [3.63, 3.8) is 0 Å². The highest BCUT2D eigenvalue weighted by molar-refractivity contribution is 7.20. The summed E-state index contributed by atoms with van der Waals surface area (Å²) in [5.41, 5.74) is 2.08. The van der Waals surface area contributed by atoms with Crippen LogP contribution in [0.1, 0.15) is 24.3 Å². The van der Waals surface area contributed by atoms with Crippen molar-refractivity contribution >= 4 is 33.3 Å². The third kappa shape index (κ3) is 1.93. The summed E-state index contributed by atoms with van der Waals surface area (Å²) in [6, 6.07) is 8.34. The van der Waals surface area contributed by atoms with Crippen molar-refractivity contribution in [3.8, 4) is 0 Å². The van der Waals surface area contributed by atoms with Crippen LogP contribution >= 0.6 is 11.3 Å². The summed E-state index contributed by atoms with van der Waals surface area (Å²) in [7, 11) is 0. The van der Waals surface area contributed by atoms with Gasteiger partial charge in [-0.2, -0.15) is 0 Å². The molecule has 2 rings (SSSR count). The van der Waals surface area contributed by atoms with Crippen LogP contribution in [0.15, 0.2) is 29.8 Å². The fourth-order valence-corrected chi connectivity index (χ4v) is 2.84. The number of aryl methyl sites for hydroxylation is 1. The normalized spacial score (nSPS) is 12.1.